The average Bonchev–Trinajstić information content (AvgIpc) is 2.11. The van der Waals surface area contributed by atoms with Crippen LogP contribution in [0.5, 0.6) is 0 Å². The summed E-state index contributed by atoms with van der Waals surface area (Å²) in [5.41, 5.74) is 0. The van der Waals surface area contributed by atoms with E-state index in [4.69, 9.17) is 9.84 Å². The van der Waals surface area contributed by atoms with Gasteiger partial charge in [-0.15, -0.1) is 0 Å². The molecule has 0 saturated carbocycles. The van der Waals surface area contributed by atoms with E-state index in [1.165, 1.54) is 6.42 Å². The van der Waals surface area contributed by atoms with Crippen LogP contribution in [-0.2, 0) is 4.74 Å². The molecule has 2 heteroatoms. The van der Waals surface area contributed by atoms with Crippen LogP contribution in [-0.4, -0.2) is 24.4 Å². The van der Waals surface area contributed by atoms with Crippen LogP contribution in [0.3, 0.4) is 0 Å². The Morgan fingerprint density at radius 1 is 1.17 bits per heavy atom. The van der Waals surface area contributed by atoms with Gasteiger partial charge in [-0.3, -0.25) is 0 Å². The Kier molecular flexibility index (Phi) is 8.95. The van der Waals surface area contributed by atoms with Crippen molar-refractivity contribution in [1.82, 2.24) is 0 Å². The van der Waals surface area contributed by atoms with Crippen LogP contribution in [0, 0.1) is 0 Å². The average molecular weight is 174 g/mol. The first-order valence-electron chi connectivity index (χ1n) is 5.07. The quantitative estimate of drug-likeness (QED) is 0.572. The second-order valence-corrected chi connectivity index (χ2v) is 3.17. The van der Waals surface area contributed by atoms with Gasteiger partial charge in [0, 0.05) is 6.61 Å². The lowest BCUT2D eigenvalue weighted by molar-refractivity contribution is 0.00576. The maximum Gasteiger partial charge on any atom is 0.0805 e. The number of rotatable bonds is 8. The van der Waals surface area contributed by atoms with Crippen molar-refractivity contribution in [3.05, 3.63) is 0 Å². The van der Waals surface area contributed by atoms with Gasteiger partial charge in [0.05, 0.1) is 12.7 Å². The minimum Gasteiger partial charge on any atom is -0.394 e. The van der Waals surface area contributed by atoms with E-state index < -0.39 is 0 Å². The molecule has 0 fully saturated rings. The molecule has 74 valence electrons. The van der Waals surface area contributed by atoms with Crippen LogP contribution < -0.4 is 0 Å². The Morgan fingerprint density at radius 2 is 1.83 bits per heavy atom. The van der Waals surface area contributed by atoms with Crippen LogP contribution in [0.25, 0.3) is 0 Å². The van der Waals surface area contributed by atoms with Crippen LogP contribution in [0.1, 0.15) is 46.0 Å². The van der Waals surface area contributed by atoms with Gasteiger partial charge in [-0.2, -0.15) is 0 Å². The number of aliphatic hydroxyl groups excluding tert-OH is 1. The van der Waals surface area contributed by atoms with Gasteiger partial charge >= 0.3 is 0 Å². The van der Waals surface area contributed by atoms with Gasteiger partial charge in [-0.1, -0.05) is 33.1 Å². The highest BCUT2D eigenvalue weighted by Gasteiger charge is 2.05. The lowest BCUT2D eigenvalue weighted by Crippen LogP contribution is -2.18. The Morgan fingerprint density at radius 3 is 2.33 bits per heavy atom. The first kappa shape index (κ1) is 11.9. The number of hydrogen-bond acceptors (Lipinski definition) is 2. The van der Waals surface area contributed by atoms with Crippen LogP contribution in [0.4, 0.5) is 0 Å². The van der Waals surface area contributed by atoms with Crippen molar-refractivity contribution < 1.29 is 9.84 Å². The molecule has 1 N–H and O–H groups in total. The van der Waals surface area contributed by atoms with E-state index in [0.29, 0.717) is 0 Å². The van der Waals surface area contributed by atoms with Crippen molar-refractivity contribution in [2.75, 3.05) is 13.2 Å². The highest BCUT2D eigenvalue weighted by molar-refractivity contribution is 4.55. The Bertz CT molecular complexity index is 83.9. The van der Waals surface area contributed by atoms with E-state index in [1.807, 2.05) is 0 Å². The highest BCUT2D eigenvalue weighted by Crippen LogP contribution is 2.04. The lowest BCUT2D eigenvalue weighted by Gasteiger charge is -2.14. The molecule has 2 nitrogen and oxygen atoms in total. The first-order valence-corrected chi connectivity index (χ1v) is 5.07. The fourth-order valence-electron chi connectivity index (χ4n) is 1.05. The molecule has 0 bridgehead atoms. The predicted octanol–water partition coefficient (Wildman–Crippen LogP) is 2.35. The Labute approximate surface area is 75.9 Å². The van der Waals surface area contributed by atoms with E-state index >= 15 is 0 Å². The third kappa shape index (κ3) is 6.62. The fourth-order valence-corrected chi connectivity index (χ4v) is 1.05. The molecule has 0 aromatic rings. The second kappa shape index (κ2) is 9.01. The standard InChI is InChI=1S/C10H22O2/c1-3-5-7-10(9-11)12-8-6-4-2/h10-11H,3-9H2,1-2H3/t10-/m0/s1. The summed E-state index contributed by atoms with van der Waals surface area (Å²) in [6.45, 7) is 5.26. The molecule has 0 aliphatic carbocycles. The molecule has 0 aliphatic heterocycles. The van der Waals surface area contributed by atoms with Gasteiger partial charge < -0.3 is 9.84 Å². The monoisotopic (exact) mass is 174 g/mol. The fraction of sp³-hybridized carbons (Fsp3) is 1.00. The summed E-state index contributed by atoms with van der Waals surface area (Å²) in [6, 6.07) is 0. The molecule has 0 saturated heterocycles. The molecular formula is C10H22O2. The van der Waals surface area contributed by atoms with Crippen LogP contribution >= 0.6 is 0 Å². The van der Waals surface area contributed by atoms with Gasteiger partial charge in [0.25, 0.3) is 0 Å². The molecule has 0 aliphatic rings. The third-order valence-corrected chi connectivity index (χ3v) is 1.93. The van der Waals surface area contributed by atoms with Crippen molar-refractivity contribution in [2.45, 2.75) is 52.1 Å². The van der Waals surface area contributed by atoms with Crippen molar-refractivity contribution in [1.29, 1.82) is 0 Å². The molecule has 1 atom stereocenters. The molecular weight excluding hydrogens is 152 g/mol. The summed E-state index contributed by atoms with van der Waals surface area (Å²) in [5, 5.41) is 8.93. The smallest absolute Gasteiger partial charge is 0.0805 e. The third-order valence-electron chi connectivity index (χ3n) is 1.93. The van der Waals surface area contributed by atoms with Crippen LogP contribution in [0.15, 0.2) is 0 Å². The summed E-state index contributed by atoms with van der Waals surface area (Å²) in [7, 11) is 0. The molecule has 0 spiro atoms. The van der Waals surface area contributed by atoms with E-state index in [2.05, 4.69) is 13.8 Å². The summed E-state index contributed by atoms with van der Waals surface area (Å²) >= 11 is 0. The summed E-state index contributed by atoms with van der Waals surface area (Å²) in [4.78, 5) is 0. The number of ether oxygens (including phenoxy) is 1. The van der Waals surface area contributed by atoms with E-state index in [1.54, 1.807) is 0 Å². The van der Waals surface area contributed by atoms with Crippen molar-refractivity contribution in [2.24, 2.45) is 0 Å². The zero-order chi connectivity index (χ0) is 9.23. The predicted molar refractivity (Wildman–Crippen MR) is 51.3 cm³/mol. The minimum atomic E-state index is 0.0801. The number of aliphatic hydroxyl groups is 1. The highest BCUT2D eigenvalue weighted by atomic mass is 16.5. The SMILES string of the molecule is CCCCO[C@H](CO)CCCC. The summed E-state index contributed by atoms with van der Waals surface area (Å²) in [6.07, 6.45) is 5.66. The Hall–Kier alpha value is -0.0800. The number of unbranched alkanes of at least 4 members (excludes halogenated alkanes) is 2. The molecule has 0 amide bonds. The first-order chi connectivity index (χ1) is 5.85. The van der Waals surface area contributed by atoms with Gasteiger partial charge in [-0.05, 0) is 12.8 Å². The minimum absolute atomic E-state index is 0.0801. The topological polar surface area (TPSA) is 29.5 Å². The van der Waals surface area contributed by atoms with Gasteiger partial charge in [0.1, 0.15) is 0 Å². The number of hydrogen-bond donors (Lipinski definition) is 1. The van der Waals surface area contributed by atoms with Gasteiger partial charge in [0.15, 0.2) is 0 Å². The van der Waals surface area contributed by atoms with E-state index in [0.717, 1.165) is 32.3 Å². The van der Waals surface area contributed by atoms with Crippen molar-refractivity contribution in [3.8, 4) is 0 Å². The van der Waals surface area contributed by atoms with E-state index in [9.17, 15) is 0 Å². The van der Waals surface area contributed by atoms with Crippen molar-refractivity contribution >= 4 is 0 Å². The molecule has 0 aromatic heterocycles. The normalized spacial score (nSPS) is 13.2. The summed E-state index contributed by atoms with van der Waals surface area (Å²) in [5.74, 6) is 0. The largest absolute Gasteiger partial charge is 0.394 e. The van der Waals surface area contributed by atoms with Gasteiger partial charge in [-0.25, -0.2) is 0 Å². The maximum absolute atomic E-state index is 8.93. The van der Waals surface area contributed by atoms with Crippen LogP contribution in [0.2, 0.25) is 0 Å². The maximum atomic E-state index is 8.93. The van der Waals surface area contributed by atoms with Crippen molar-refractivity contribution in [3.63, 3.8) is 0 Å². The molecule has 0 unspecified atom stereocenters. The molecule has 0 rings (SSSR count). The molecule has 0 aromatic carbocycles. The molecule has 0 heterocycles. The molecule has 0 radical (unpaired) electrons. The second-order valence-electron chi connectivity index (χ2n) is 3.17. The zero-order valence-corrected chi connectivity index (χ0v) is 8.38. The van der Waals surface area contributed by atoms with E-state index in [-0.39, 0.29) is 12.7 Å². The Balaban J connectivity index is 3.26. The zero-order valence-electron chi connectivity index (χ0n) is 8.38. The van der Waals surface area contributed by atoms with Gasteiger partial charge in [0.2, 0.25) is 0 Å². The summed E-state index contributed by atoms with van der Waals surface area (Å²) < 4.78 is 5.48. The lowest BCUT2D eigenvalue weighted by atomic mass is 10.2. The molecule has 12 heavy (non-hydrogen) atoms.